The Morgan fingerprint density at radius 1 is 0.829 bits per heavy atom. The van der Waals surface area contributed by atoms with Crippen LogP contribution in [0, 0.1) is 55.8 Å². The molecule has 0 bridgehead atoms. The van der Waals surface area contributed by atoms with Crippen molar-refractivity contribution in [1.82, 2.24) is 4.90 Å². The number of hydrogen-bond donors (Lipinski definition) is 1. The van der Waals surface area contributed by atoms with Crippen molar-refractivity contribution in [2.75, 3.05) is 13.2 Å². The highest BCUT2D eigenvalue weighted by Gasteiger charge is 2.30. The third-order valence-corrected chi connectivity index (χ3v) is 6.45. The molecule has 5 radical (unpaired) electrons. The summed E-state index contributed by atoms with van der Waals surface area (Å²) in [7, 11) is 0. The molecule has 181 valence electrons. The van der Waals surface area contributed by atoms with Crippen molar-refractivity contribution in [2.24, 2.45) is 0 Å². The molecular formula is C33H38NO. The second kappa shape index (κ2) is 16.2. The first kappa shape index (κ1) is 27.1. The van der Waals surface area contributed by atoms with Crippen molar-refractivity contribution < 1.29 is 5.11 Å². The van der Waals surface area contributed by atoms with Crippen molar-refractivity contribution in [3.05, 3.63) is 103 Å². The smallest absolute Gasteiger partial charge is 0.0723 e. The van der Waals surface area contributed by atoms with Crippen molar-refractivity contribution in [3.63, 3.8) is 0 Å². The number of unbranched alkanes of at least 4 members (excludes halogenated alkanes) is 5. The first-order valence-corrected chi connectivity index (χ1v) is 12.9. The number of aliphatic hydroxyl groups is 1. The lowest BCUT2D eigenvalue weighted by molar-refractivity contribution is 0.105. The van der Waals surface area contributed by atoms with E-state index in [1.165, 1.54) is 24.3 Å². The van der Waals surface area contributed by atoms with Crippen LogP contribution < -0.4 is 0 Å². The summed E-state index contributed by atoms with van der Waals surface area (Å²) >= 11 is 0. The predicted molar refractivity (Wildman–Crippen MR) is 146 cm³/mol. The Morgan fingerprint density at radius 2 is 1.49 bits per heavy atom. The molecule has 0 saturated heterocycles. The molecule has 2 nitrogen and oxygen atoms in total. The van der Waals surface area contributed by atoms with Crippen LogP contribution in [-0.2, 0) is 6.42 Å². The molecule has 1 fully saturated rings. The first-order valence-electron chi connectivity index (χ1n) is 12.9. The van der Waals surface area contributed by atoms with Gasteiger partial charge in [0.05, 0.1) is 18.7 Å². The minimum Gasteiger partial charge on any atom is -0.394 e. The lowest BCUT2D eigenvalue weighted by Gasteiger charge is -2.37. The SMILES string of the molecule is C#CCCCCCCC#C[C@@H](CCc1ccccc1)N(C[C]1[CH][CH][CH][CH]1)[C@@H](CO)c1ccccc1. The van der Waals surface area contributed by atoms with E-state index in [-0.39, 0.29) is 18.7 Å². The van der Waals surface area contributed by atoms with E-state index in [9.17, 15) is 5.11 Å². The van der Waals surface area contributed by atoms with Crippen LogP contribution in [0.2, 0.25) is 0 Å². The number of nitrogens with zero attached hydrogens (tertiary/aromatic N) is 1. The molecule has 2 aromatic carbocycles. The monoisotopic (exact) mass is 464 g/mol. The molecule has 0 unspecified atom stereocenters. The molecule has 1 N–H and O–H groups in total. The van der Waals surface area contributed by atoms with Gasteiger partial charge in [-0.15, -0.1) is 18.3 Å². The third-order valence-electron chi connectivity index (χ3n) is 6.45. The van der Waals surface area contributed by atoms with Crippen molar-refractivity contribution >= 4 is 0 Å². The Kier molecular flexibility index (Phi) is 12.5. The van der Waals surface area contributed by atoms with Gasteiger partial charge in [0, 0.05) is 19.4 Å². The van der Waals surface area contributed by atoms with E-state index in [0.29, 0.717) is 0 Å². The maximum absolute atomic E-state index is 10.5. The summed E-state index contributed by atoms with van der Waals surface area (Å²) < 4.78 is 0. The van der Waals surface area contributed by atoms with E-state index < -0.39 is 0 Å². The van der Waals surface area contributed by atoms with Crippen LogP contribution in [0.25, 0.3) is 0 Å². The highest BCUT2D eigenvalue weighted by molar-refractivity contribution is 5.37. The lowest BCUT2D eigenvalue weighted by Crippen LogP contribution is -2.42. The molecule has 0 spiro atoms. The molecule has 2 heteroatoms. The normalized spacial score (nSPS) is 15.3. The summed E-state index contributed by atoms with van der Waals surface area (Å²) in [5.74, 6) is 11.1. The zero-order chi connectivity index (χ0) is 24.6. The molecule has 0 aromatic heterocycles. The minimum atomic E-state index is -0.107. The fourth-order valence-electron chi connectivity index (χ4n) is 4.50. The summed E-state index contributed by atoms with van der Waals surface area (Å²) in [5, 5.41) is 10.5. The maximum Gasteiger partial charge on any atom is 0.0723 e. The van der Waals surface area contributed by atoms with Crippen molar-refractivity contribution in [2.45, 2.75) is 63.5 Å². The maximum atomic E-state index is 10.5. The molecule has 0 amide bonds. The Bertz CT molecular complexity index is 914. The van der Waals surface area contributed by atoms with E-state index >= 15 is 0 Å². The van der Waals surface area contributed by atoms with Gasteiger partial charge < -0.3 is 5.11 Å². The molecular weight excluding hydrogens is 426 g/mol. The summed E-state index contributed by atoms with van der Waals surface area (Å²) in [5.41, 5.74) is 2.45. The molecule has 1 aliphatic rings. The van der Waals surface area contributed by atoms with E-state index in [1.807, 2.05) is 18.2 Å². The Hall–Kier alpha value is -2.52. The number of terminal acetylenes is 1. The molecule has 3 rings (SSSR count). The standard InChI is InChI=1S/C33H38NO/c1-2-3-4-5-6-7-8-15-24-32(26-25-29-18-11-9-12-19-29)34(27-30-20-16-17-21-30)33(28-35)31-22-13-10-14-23-31/h1,9-14,16-23,32-33,35H,3-8,25-28H2/t32-,33-/m0/s1. The second-order valence-electron chi connectivity index (χ2n) is 9.05. The van der Waals surface area contributed by atoms with Crippen molar-refractivity contribution in [3.8, 4) is 24.2 Å². The molecule has 0 aliphatic heterocycles. The van der Waals surface area contributed by atoms with Crippen LogP contribution in [0.15, 0.2) is 60.7 Å². The summed E-state index contributed by atoms with van der Waals surface area (Å²) in [6.45, 7) is 0.816. The Balaban J connectivity index is 1.77. The predicted octanol–water partition coefficient (Wildman–Crippen LogP) is 6.41. The van der Waals surface area contributed by atoms with Gasteiger partial charge in [0.25, 0.3) is 0 Å². The van der Waals surface area contributed by atoms with Crippen LogP contribution >= 0.6 is 0 Å². The van der Waals surface area contributed by atoms with E-state index in [0.717, 1.165) is 50.6 Å². The van der Waals surface area contributed by atoms with Crippen molar-refractivity contribution in [1.29, 1.82) is 0 Å². The molecule has 2 aromatic rings. The van der Waals surface area contributed by atoms with Crippen LogP contribution in [0.1, 0.15) is 62.1 Å². The Morgan fingerprint density at radius 3 is 2.14 bits per heavy atom. The van der Waals surface area contributed by atoms with Gasteiger partial charge in [-0.05, 0) is 68.4 Å². The first-order chi connectivity index (χ1) is 17.3. The summed E-state index contributed by atoms with van der Waals surface area (Å²) in [6, 6.07) is 20.9. The fraction of sp³-hybridized carbons (Fsp3) is 0.364. The lowest BCUT2D eigenvalue weighted by atomic mass is 9.96. The molecule has 35 heavy (non-hydrogen) atoms. The van der Waals surface area contributed by atoms with Gasteiger partial charge in [0.1, 0.15) is 0 Å². The van der Waals surface area contributed by atoms with Gasteiger partial charge in [-0.25, -0.2) is 0 Å². The van der Waals surface area contributed by atoms with Gasteiger partial charge in [-0.2, -0.15) is 0 Å². The summed E-state index contributed by atoms with van der Waals surface area (Å²) in [6.07, 6.45) is 22.0. The number of benzene rings is 2. The van der Waals surface area contributed by atoms with Crippen LogP contribution in [-0.4, -0.2) is 29.2 Å². The average Bonchev–Trinajstić information content (AvgIpc) is 3.42. The molecule has 0 heterocycles. The molecule has 1 aliphatic carbocycles. The fourth-order valence-corrected chi connectivity index (χ4v) is 4.50. The number of rotatable bonds is 14. The highest BCUT2D eigenvalue weighted by Crippen LogP contribution is 2.31. The average molecular weight is 465 g/mol. The highest BCUT2D eigenvalue weighted by atomic mass is 16.3. The van der Waals surface area contributed by atoms with Gasteiger partial charge in [0.15, 0.2) is 0 Å². The minimum absolute atomic E-state index is 0.0453. The third kappa shape index (κ3) is 9.57. The zero-order valence-electron chi connectivity index (χ0n) is 20.8. The number of aliphatic hydroxyl groups excluding tert-OH is 1. The van der Waals surface area contributed by atoms with E-state index in [1.54, 1.807) is 0 Å². The van der Waals surface area contributed by atoms with Crippen LogP contribution in [0.5, 0.6) is 0 Å². The zero-order valence-corrected chi connectivity index (χ0v) is 20.8. The molecule has 1 saturated carbocycles. The quantitative estimate of drug-likeness (QED) is 0.258. The molecule has 2 atom stereocenters. The van der Waals surface area contributed by atoms with Gasteiger partial charge >= 0.3 is 0 Å². The number of aryl methyl sites for hydroxylation is 1. The van der Waals surface area contributed by atoms with Crippen LogP contribution in [0.3, 0.4) is 0 Å². The second-order valence-corrected chi connectivity index (χ2v) is 9.05. The van der Waals surface area contributed by atoms with E-state index in [2.05, 4.69) is 90.8 Å². The van der Waals surface area contributed by atoms with Gasteiger partial charge in [-0.3, -0.25) is 4.90 Å². The largest absolute Gasteiger partial charge is 0.394 e. The van der Waals surface area contributed by atoms with Gasteiger partial charge in [0.2, 0.25) is 0 Å². The van der Waals surface area contributed by atoms with Gasteiger partial charge in [-0.1, -0.05) is 79.4 Å². The Labute approximate surface area is 214 Å². The topological polar surface area (TPSA) is 23.5 Å². The number of hydrogen-bond acceptors (Lipinski definition) is 2. The van der Waals surface area contributed by atoms with E-state index in [4.69, 9.17) is 6.42 Å². The van der Waals surface area contributed by atoms with Crippen LogP contribution in [0.4, 0.5) is 0 Å². The summed E-state index contributed by atoms with van der Waals surface area (Å²) in [4.78, 5) is 2.40.